The molecular formula is C10H16O2S. The van der Waals surface area contributed by atoms with E-state index in [2.05, 4.69) is 0 Å². The molecule has 0 aromatic carbocycles. The summed E-state index contributed by atoms with van der Waals surface area (Å²) in [5.74, 6) is 1.49. The first kappa shape index (κ1) is 9.53. The predicted octanol–water partition coefficient (Wildman–Crippen LogP) is 2.02. The Hall–Kier alpha value is -0.0200. The molecule has 0 bridgehead atoms. The van der Waals surface area contributed by atoms with Crippen molar-refractivity contribution in [1.82, 2.24) is 0 Å². The first-order valence-electron chi connectivity index (χ1n) is 5.12. The number of ketones is 1. The molecule has 0 radical (unpaired) electrons. The molecule has 0 N–H and O–H groups in total. The fraction of sp³-hybridized carbons (Fsp3) is 0.900. The van der Waals surface area contributed by atoms with E-state index >= 15 is 0 Å². The third-order valence-electron chi connectivity index (χ3n) is 2.76. The number of hydrogen-bond donors (Lipinski definition) is 0. The second kappa shape index (κ2) is 4.47. The highest BCUT2D eigenvalue weighted by atomic mass is 32.2. The molecule has 2 aliphatic rings. The lowest BCUT2D eigenvalue weighted by Gasteiger charge is -2.11. The maximum absolute atomic E-state index is 11.3. The summed E-state index contributed by atoms with van der Waals surface area (Å²) in [6.07, 6.45) is 5.82. The van der Waals surface area contributed by atoms with E-state index in [1.54, 1.807) is 0 Å². The normalized spacial score (nSPS) is 34.3. The fourth-order valence-corrected chi connectivity index (χ4v) is 3.31. The van der Waals surface area contributed by atoms with Crippen molar-refractivity contribution in [2.45, 2.75) is 43.5 Å². The van der Waals surface area contributed by atoms with Crippen LogP contribution in [0.5, 0.6) is 0 Å². The van der Waals surface area contributed by atoms with Gasteiger partial charge >= 0.3 is 0 Å². The summed E-state index contributed by atoms with van der Waals surface area (Å²) < 4.78 is 5.52. The van der Waals surface area contributed by atoms with Crippen LogP contribution < -0.4 is 0 Å². The van der Waals surface area contributed by atoms with Crippen LogP contribution in [-0.2, 0) is 9.53 Å². The van der Waals surface area contributed by atoms with Gasteiger partial charge in [0, 0.05) is 18.8 Å². The molecule has 0 aromatic rings. The topological polar surface area (TPSA) is 26.3 Å². The van der Waals surface area contributed by atoms with Crippen molar-refractivity contribution in [2.75, 3.05) is 12.4 Å². The molecule has 2 fully saturated rings. The Balaban J connectivity index is 1.69. The molecule has 0 aromatic heterocycles. The zero-order chi connectivity index (χ0) is 9.10. The predicted molar refractivity (Wildman–Crippen MR) is 54.1 cm³/mol. The lowest BCUT2D eigenvalue weighted by molar-refractivity contribution is -0.116. The highest BCUT2D eigenvalue weighted by Gasteiger charge is 2.26. The molecule has 1 heterocycles. The summed E-state index contributed by atoms with van der Waals surface area (Å²) in [6, 6.07) is 0. The summed E-state index contributed by atoms with van der Waals surface area (Å²) >= 11 is 1.81. The molecule has 3 heteroatoms. The Bertz CT molecular complexity index is 187. The van der Waals surface area contributed by atoms with Gasteiger partial charge < -0.3 is 4.74 Å². The van der Waals surface area contributed by atoms with Crippen molar-refractivity contribution in [1.29, 1.82) is 0 Å². The van der Waals surface area contributed by atoms with Crippen LogP contribution in [0.2, 0.25) is 0 Å². The van der Waals surface area contributed by atoms with E-state index in [9.17, 15) is 4.79 Å². The average Bonchev–Trinajstić information content (AvgIpc) is 2.72. The van der Waals surface area contributed by atoms with E-state index < -0.39 is 0 Å². The molecule has 1 aliphatic carbocycles. The average molecular weight is 200 g/mol. The fourth-order valence-electron chi connectivity index (χ4n) is 1.96. The second-order valence-electron chi connectivity index (χ2n) is 3.82. The van der Waals surface area contributed by atoms with Crippen LogP contribution in [0.1, 0.15) is 32.1 Å². The summed E-state index contributed by atoms with van der Waals surface area (Å²) in [6.45, 7) is 0.920. The number of hydrogen-bond acceptors (Lipinski definition) is 3. The minimum Gasteiger partial charge on any atom is -0.377 e. The van der Waals surface area contributed by atoms with Gasteiger partial charge in [-0.2, -0.15) is 0 Å². The molecule has 2 atom stereocenters. The Morgan fingerprint density at radius 2 is 2.31 bits per heavy atom. The van der Waals surface area contributed by atoms with Crippen LogP contribution in [0.25, 0.3) is 0 Å². The van der Waals surface area contributed by atoms with Crippen molar-refractivity contribution in [3.8, 4) is 0 Å². The van der Waals surface area contributed by atoms with Gasteiger partial charge in [-0.05, 0) is 25.7 Å². The molecule has 1 saturated carbocycles. The van der Waals surface area contributed by atoms with Crippen LogP contribution in [-0.4, -0.2) is 29.5 Å². The smallest absolute Gasteiger partial charge is 0.145 e. The van der Waals surface area contributed by atoms with Crippen LogP contribution in [0.15, 0.2) is 0 Å². The maximum Gasteiger partial charge on any atom is 0.145 e. The number of carbonyl (C=O) groups is 1. The third-order valence-corrected chi connectivity index (χ3v) is 4.22. The van der Waals surface area contributed by atoms with E-state index in [1.807, 2.05) is 11.8 Å². The molecule has 2 rings (SSSR count). The lowest BCUT2D eigenvalue weighted by Crippen LogP contribution is -2.15. The van der Waals surface area contributed by atoms with Crippen LogP contribution in [0, 0.1) is 0 Å². The highest BCUT2D eigenvalue weighted by molar-refractivity contribution is 8.00. The molecule has 1 saturated heterocycles. The Labute approximate surface area is 83.4 Å². The molecule has 13 heavy (non-hydrogen) atoms. The number of Topliss-reactive ketones (excluding diaryl/α,β-unsaturated/α-hetero) is 1. The molecule has 2 nitrogen and oxygen atoms in total. The summed E-state index contributed by atoms with van der Waals surface area (Å²) in [4.78, 5) is 11.3. The molecule has 74 valence electrons. The van der Waals surface area contributed by atoms with Gasteiger partial charge in [-0.15, -0.1) is 11.8 Å². The number of thioether (sulfide) groups is 1. The minimum atomic E-state index is 0.296. The molecule has 0 amide bonds. The number of ether oxygens (including phenoxy) is 1. The third kappa shape index (κ3) is 2.47. The van der Waals surface area contributed by atoms with E-state index in [-0.39, 0.29) is 0 Å². The van der Waals surface area contributed by atoms with E-state index in [0.717, 1.165) is 31.6 Å². The Kier molecular flexibility index (Phi) is 3.28. The minimum absolute atomic E-state index is 0.296. The molecule has 0 spiro atoms. The monoisotopic (exact) mass is 200 g/mol. The molecule has 2 unspecified atom stereocenters. The van der Waals surface area contributed by atoms with Crippen molar-refractivity contribution in [3.05, 3.63) is 0 Å². The first-order valence-corrected chi connectivity index (χ1v) is 6.17. The Morgan fingerprint density at radius 3 is 2.92 bits per heavy atom. The van der Waals surface area contributed by atoms with Gasteiger partial charge in [-0.1, -0.05) is 0 Å². The lowest BCUT2D eigenvalue weighted by atomic mass is 10.3. The molecule has 1 aliphatic heterocycles. The maximum atomic E-state index is 11.3. The quantitative estimate of drug-likeness (QED) is 0.697. The van der Waals surface area contributed by atoms with E-state index in [1.165, 1.54) is 12.8 Å². The SMILES string of the molecule is O=C1CCCC1SCC1CCCO1. The standard InChI is InChI=1S/C10H16O2S/c11-9-4-1-5-10(9)13-7-8-3-2-6-12-8/h8,10H,1-7H2. The first-order chi connectivity index (χ1) is 6.36. The highest BCUT2D eigenvalue weighted by Crippen LogP contribution is 2.29. The van der Waals surface area contributed by atoms with Crippen molar-refractivity contribution < 1.29 is 9.53 Å². The zero-order valence-electron chi connectivity index (χ0n) is 7.83. The van der Waals surface area contributed by atoms with Gasteiger partial charge in [-0.3, -0.25) is 4.79 Å². The van der Waals surface area contributed by atoms with Crippen LogP contribution in [0.4, 0.5) is 0 Å². The molecular weight excluding hydrogens is 184 g/mol. The van der Waals surface area contributed by atoms with Crippen molar-refractivity contribution in [2.24, 2.45) is 0 Å². The van der Waals surface area contributed by atoms with E-state index in [0.29, 0.717) is 17.1 Å². The zero-order valence-corrected chi connectivity index (χ0v) is 8.65. The van der Waals surface area contributed by atoms with Gasteiger partial charge in [0.25, 0.3) is 0 Å². The van der Waals surface area contributed by atoms with Crippen LogP contribution >= 0.6 is 11.8 Å². The number of carbonyl (C=O) groups excluding carboxylic acids is 1. The van der Waals surface area contributed by atoms with Gasteiger partial charge in [0.1, 0.15) is 5.78 Å². The second-order valence-corrected chi connectivity index (χ2v) is 5.05. The largest absolute Gasteiger partial charge is 0.377 e. The van der Waals surface area contributed by atoms with Gasteiger partial charge in [-0.25, -0.2) is 0 Å². The summed E-state index contributed by atoms with van der Waals surface area (Å²) in [7, 11) is 0. The van der Waals surface area contributed by atoms with E-state index in [4.69, 9.17) is 4.74 Å². The van der Waals surface area contributed by atoms with Gasteiger partial charge in [0.2, 0.25) is 0 Å². The van der Waals surface area contributed by atoms with Crippen LogP contribution in [0.3, 0.4) is 0 Å². The Morgan fingerprint density at radius 1 is 1.38 bits per heavy atom. The van der Waals surface area contributed by atoms with Gasteiger partial charge in [0.15, 0.2) is 0 Å². The summed E-state index contributed by atoms with van der Waals surface area (Å²) in [5.41, 5.74) is 0. The van der Waals surface area contributed by atoms with Gasteiger partial charge in [0.05, 0.1) is 11.4 Å². The number of rotatable bonds is 3. The van der Waals surface area contributed by atoms with Crippen molar-refractivity contribution in [3.63, 3.8) is 0 Å². The summed E-state index contributed by atoms with van der Waals surface area (Å²) in [5, 5.41) is 0.296. The van der Waals surface area contributed by atoms with Crippen molar-refractivity contribution >= 4 is 17.5 Å².